The lowest BCUT2D eigenvalue weighted by Crippen LogP contribution is -2.17. The van der Waals surface area contributed by atoms with Crippen molar-refractivity contribution in [1.29, 1.82) is 0 Å². The van der Waals surface area contributed by atoms with Gasteiger partial charge in [0.15, 0.2) is 5.49 Å². The number of sulfonamides is 1. The Labute approximate surface area is 188 Å². The molecule has 0 aliphatic carbocycles. The maximum atomic E-state index is 12.8. The van der Waals surface area contributed by atoms with Crippen molar-refractivity contribution in [3.8, 4) is 5.69 Å². The molecule has 0 aromatic heterocycles. The molecule has 0 saturated carbocycles. The number of esters is 1. The van der Waals surface area contributed by atoms with Crippen LogP contribution in [0.3, 0.4) is 0 Å². The molecule has 0 fully saturated rings. The molecular weight excluding hydrogens is 458 g/mol. The van der Waals surface area contributed by atoms with E-state index in [1.54, 1.807) is 26.0 Å². The molecule has 0 unspecified atom stereocenters. The largest absolute Gasteiger partial charge is 0.466 e. The molecule has 166 valence electrons. The molecule has 0 bridgehead atoms. The van der Waals surface area contributed by atoms with E-state index >= 15 is 0 Å². The van der Waals surface area contributed by atoms with Gasteiger partial charge in [-0.2, -0.15) is 8.42 Å². The lowest BCUT2D eigenvalue weighted by atomic mass is 10.2. The van der Waals surface area contributed by atoms with Gasteiger partial charge >= 0.3 is 11.7 Å². The van der Waals surface area contributed by atoms with Crippen molar-refractivity contribution in [3.63, 3.8) is 0 Å². The molecule has 0 spiro atoms. The SMILES string of the molecule is CCOC(=O)CCSc1sc(C)c(C)n2c(=O)[nH]/c(=N\S(=O)(=O)c3ccc(C)cc3)c1-2. The summed E-state index contributed by atoms with van der Waals surface area (Å²) in [6.45, 7) is 7.59. The number of aryl methyl sites for hydroxylation is 2. The maximum Gasteiger partial charge on any atom is 0.332 e. The molecule has 2 aliphatic heterocycles. The molecule has 1 aromatic carbocycles. The minimum absolute atomic E-state index is 0.0245. The number of hydrogen-bond donors (Lipinski definition) is 1. The number of carbonyl (C=O) groups is 1. The highest BCUT2D eigenvalue weighted by Crippen LogP contribution is 2.33. The molecule has 0 radical (unpaired) electrons. The smallest absolute Gasteiger partial charge is 0.332 e. The first-order chi connectivity index (χ1) is 14.6. The van der Waals surface area contributed by atoms with Crippen LogP contribution in [0.4, 0.5) is 0 Å². The Morgan fingerprint density at radius 2 is 1.90 bits per heavy atom. The summed E-state index contributed by atoms with van der Waals surface area (Å²) in [5, 5.41) is 0. The molecule has 3 rings (SSSR count). The Bertz CT molecular complexity index is 1300. The number of nitrogens with one attached hydrogen (secondary N) is 1. The highest BCUT2D eigenvalue weighted by molar-refractivity contribution is 8.01. The number of carbonyl (C=O) groups excluding carboxylic acids is 1. The highest BCUT2D eigenvalue weighted by atomic mass is 32.2. The van der Waals surface area contributed by atoms with E-state index in [0.29, 0.717) is 28.0 Å². The van der Waals surface area contributed by atoms with Gasteiger partial charge in [0, 0.05) is 16.3 Å². The summed E-state index contributed by atoms with van der Waals surface area (Å²) in [4.78, 5) is 27.8. The van der Waals surface area contributed by atoms with Gasteiger partial charge in [0.2, 0.25) is 0 Å². The average molecular weight is 482 g/mol. The quantitative estimate of drug-likeness (QED) is 0.410. The van der Waals surface area contributed by atoms with E-state index in [2.05, 4.69) is 9.38 Å². The van der Waals surface area contributed by atoms with Crippen LogP contribution in [0.2, 0.25) is 0 Å². The molecule has 0 atom stereocenters. The van der Waals surface area contributed by atoms with Crippen LogP contribution in [0.25, 0.3) is 5.69 Å². The van der Waals surface area contributed by atoms with Gasteiger partial charge in [0.1, 0.15) is 5.69 Å². The molecule has 11 heteroatoms. The van der Waals surface area contributed by atoms with Crippen LogP contribution in [0.15, 0.2) is 42.6 Å². The summed E-state index contributed by atoms with van der Waals surface area (Å²) >= 11 is 2.79. The number of thioether (sulfide) groups is 1. The van der Waals surface area contributed by atoms with E-state index < -0.39 is 15.7 Å². The van der Waals surface area contributed by atoms with Crippen molar-refractivity contribution in [2.75, 3.05) is 12.4 Å². The second-order valence-corrected chi connectivity index (χ2v) is 11.0. The molecule has 0 amide bonds. The van der Waals surface area contributed by atoms with E-state index in [4.69, 9.17) is 4.74 Å². The van der Waals surface area contributed by atoms with E-state index in [0.717, 1.165) is 10.4 Å². The number of rotatable bonds is 7. The standard InChI is InChI=1S/C20H23N3O5S3/c1-5-28-16(24)10-11-29-19-17-18(21-20(25)23(17)13(3)14(4)30-19)22-31(26,27)15-8-6-12(2)7-9-15/h6-9H,5,10-11H2,1-4H3,(H,21,22,25). The molecule has 2 aliphatic rings. The monoisotopic (exact) mass is 481 g/mol. The zero-order valence-electron chi connectivity index (χ0n) is 17.6. The summed E-state index contributed by atoms with van der Waals surface area (Å²) in [6.07, 6.45) is 0.201. The number of aromatic amines is 1. The van der Waals surface area contributed by atoms with Crippen LogP contribution in [0.5, 0.6) is 0 Å². The second kappa shape index (κ2) is 9.41. The summed E-state index contributed by atoms with van der Waals surface area (Å²) in [6, 6.07) is 6.35. The van der Waals surface area contributed by atoms with Crippen molar-refractivity contribution >= 4 is 39.1 Å². The fraction of sp³-hybridized carbons (Fsp3) is 0.350. The zero-order valence-corrected chi connectivity index (χ0v) is 20.0. The summed E-state index contributed by atoms with van der Waals surface area (Å²) < 4.78 is 36.7. The first-order valence-electron chi connectivity index (χ1n) is 9.55. The van der Waals surface area contributed by atoms with E-state index in [1.807, 2.05) is 13.8 Å². The van der Waals surface area contributed by atoms with Gasteiger partial charge < -0.3 is 4.74 Å². The van der Waals surface area contributed by atoms with Crippen molar-refractivity contribution in [1.82, 2.24) is 9.55 Å². The Balaban J connectivity index is 2.10. The third-order valence-corrected chi connectivity index (χ3v) is 8.27. The molecule has 1 N–H and O–H groups in total. The minimum Gasteiger partial charge on any atom is -0.466 e. The van der Waals surface area contributed by atoms with Crippen molar-refractivity contribution in [3.05, 3.63) is 56.4 Å². The Kier molecular flexibility index (Phi) is 7.07. The summed E-state index contributed by atoms with van der Waals surface area (Å²) in [7, 11) is -4.03. The number of nitrogens with zero attached hydrogens (tertiary/aromatic N) is 2. The lowest BCUT2D eigenvalue weighted by Gasteiger charge is -2.13. The van der Waals surface area contributed by atoms with E-state index in [9.17, 15) is 18.0 Å². The Morgan fingerprint density at radius 1 is 1.23 bits per heavy atom. The van der Waals surface area contributed by atoms with Gasteiger partial charge in [-0.15, -0.1) is 27.5 Å². The average Bonchev–Trinajstić information content (AvgIpc) is 3.01. The third kappa shape index (κ3) is 5.10. The van der Waals surface area contributed by atoms with Crippen LogP contribution in [-0.2, 0) is 19.6 Å². The first-order valence-corrected chi connectivity index (χ1v) is 12.8. The lowest BCUT2D eigenvalue weighted by molar-refractivity contribution is -0.142. The van der Waals surface area contributed by atoms with E-state index in [1.165, 1.54) is 39.8 Å². The molecule has 1 aromatic rings. The molecule has 8 nitrogen and oxygen atoms in total. The molecule has 0 saturated heterocycles. The van der Waals surface area contributed by atoms with Gasteiger partial charge in [0.05, 0.1) is 22.1 Å². The number of ether oxygens (including phenoxy) is 1. The van der Waals surface area contributed by atoms with Crippen LogP contribution >= 0.6 is 23.1 Å². The van der Waals surface area contributed by atoms with Crippen molar-refractivity contribution in [2.24, 2.45) is 4.40 Å². The predicted molar refractivity (Wildman–Crippen MR) is 121 cm³/mol. The first kappa shape index (κ1) is 23.3. The third-order valence-electron chi connectivity index (χ3n) is 4.54. The van der Waals surface area contributed by atoms with Crippen LogP contribution in [0, 0.1) is 20.8 Å². The number of imidazole rings is 1. The van der Waals surface area contributed by atoms with Gasteiger partial charge in [-0.25, -0.2) is 4.79 Å². The van der Waals surface area contributed by atoms with Gasteiger partial charge in [-0.3, -0.25) is 14.3 Å². The second-order valence-electron chi connectivity index (χ2n) is 6.78. The van der Waals surface area contributed by atoms with Crippen LogP contribution < -0.4 is 11.2 Å². The van der Waals surface area contributed by atoms with Gasteiger partial charge in [-0.05, 0) is 39.8 Å². The number of H-pyrrole nitrogens is 1. The molecule has 31 heavy (non-hydrogen) atoms. The topological polar surface area (TPSA) is 111 Å². The molecule has 2 heterocycles. The van der Waals surface area contributed by atoms with Crippen LogP contribution in [-0.4, -0.2) is 36.3 Å². The van der Waals surface area contributed by atoms with E-state index in [-0.39, 0.29) is 22.8 Å². The maximum absolute atomic E-state index is 12.8. The number of hydrogen-bond acceptors (Lipinski definition) is 7. The van der Waals surface area contributed by atoms with Crippen molar-refractivity contribution in [2.45, 2.75) is 43.2 Å². The highest BCUT2D eigenvalue weighted by Gasteiger charge is 2.22. The number of fused-ring (bicyclic) bond motifs is 1. The molecular formula is C20H23N3O5S3. The number of benzene rings is 1. The zero-order chi connectivity index (χ0) is 22.8. The van der Waals surface area contributed by atoms with Crippen LogP contribution in [0.1, 0.15) is 29.5 Å². The van der Waals surface area contributed by atoms with Gasteiger partial charge in [0.25, 0.3) is 10.0 Å². The Morgan fingerprint density at radius 3 is 2.55 bits per heavy atom. The fourth-order valence-electron chi connectivity index (χ4n) is 2.86. The fourth-order valence-corrected chi connectivity index (χ4v) is 6.26. The Hall–Kier alpha value is -2.37. The normalized spacial score (nSPS) is 12.5. The predicted octanol–water partition coefficient (Wildman–Crippen LogP) is 2.93. The summed E-state index contributed by atoms with van der Waals surface area (Å²) in [5.41, 5.74) is 1.53. The summed E-state index contributed by atoms with van der Waals surface area (Å²) in [5.74, 6) is 0.120. The van der Waals surface area contributed by atoms with Gasteiger partial charge in [-0.1, -0.05) is 17.7 Å². The van der Waals surface area contributed by atoms with Crippen molar-refractivity contribution < 1.29 is 17.9 Å². The minimum atomic E-state index is -4.03. The number of aromatic nitrogens is 2.